The van der Waals surface area contributed by atoms with Gasteiger partial charge in [-0.25, -0.2) is 12.7 Å². The molecule has 2 aliphatic rings. The van der Waals surface area contributed by atoms with Crippen LogP contribution >= 0.6 is 0 Å². The van der Waals surface area contributed by atoms with Crippen molar-refractivity contribution in [2.45, 2.75) is 32.7 Å². The van der Waals surface area contributed by atoms with Crippen LogP contribution in [0.5, 0.6) is 0 Å². The Hall–Kier alpha value is -0.130. The first-order valence-electron chi connectivity index (χ1n) is 6.24. The molecule has 0 aromatic carbocycles. The fraction of sp³-hybridized carbons (Fsp3) is 1.00. The summed E-state index contributed by atoms with van der Waals surface area (Å²) in [5, 5.41) is 3.47. The third-order valence-corrected chi connectivity index (χ3v) is 5.84. The van der Waals surface area contributed by atoms with Gasteiger partial charge in [-0.2, -0.15) is 0 Å². The molecule has 16 heavy (non-hydrogen) atoms. The Morgan fingerprint density at radius 2 is 2.12 bits per heavy atom. The zero-order chi connectivity index (χ0) is 11.8. The minimum Gasteiger partial charge on any atom is -0.314 e. The van der Waals surface area contributed by atoms with Crippen LogP contribution in [0.1, 0.15) is 26.7 Å². The van der Waals surface area contributed by atoms with Gasteiger partial charge in [0.25, 0.3) is 0 Å². The van der Waals surface area contributed by atoms with E-state index in [9.17, 15) is 8.42 Å². The van der Waals surface area contributed by atoms with Crippen molar-refractivity contribution in [2.24, 2.45) is 11.8 Å². The van der Waals surface area contributed by atoms with E-state index in [2.05, 4.69) is 12.2 Å². The molecule has 2 rings (SSSR count). The Bertz CT molecular complexity index is 342. The van der Waals surface area contributed by atoms with E-state index < -0.39 is 10.0 Å². The van der Waals surface area contributed by atoms with Crippen molar-refractivity contribution in [1.29, 1.82) is 0 Å². The number of hydrogen-bond acceptors (Lipinski definition) is 3. The van der Waals surface area contributed by atoms with Gasteiger partial charge >= 0.3 is 0 Å². The predicted octanol–water partition coefficient (Wildman–Crippen LogP) is 0.656. The van der Waals surface area contributed by atoms with Gasteiger partial charge in [-0.15, -0.1) is 0 Å². The highest BCUT2D eigenvalue weighted by Gasteiger charge is 2.38. The molecule has 0 unspecified atom stereocenters. The highest BCUT2D eigenvalue weighted by molar-refractivity contribution is 7.89. The summed E-state index contributed by atoms with van der Waals surface area (Å²) in [7, 11) is -2.99. The van der Waals surface area contributed by atoms with Crippen molar-refractivity contribution in [3.8, 4) is 0 Å². The van der Waals surface area contributed by atoms with Gasteiger partial charge in [0.05, 0.1) is 5.75 Å². The molecule has 5 heteroatoms. The van der Waals surface area contributed by atoms with Gasteiger partial charge in [-0.1, -0.05) is 6.92 Å². The van der Waals surface area contributed by atoms with Crippen LogP contribution in [-0.2, 0) is 10.0 Å². The molecule has 94 valence electrons. The minimum absolute atomic E-state index is 0.300. The minimum atomic E-state index is -2.99. The van der Waals surface area contributed by atoms with E-state index in [1.807, 2.05) is 6.92 Å². The summed E-state index contributed by atoms with van der Waals surface area (Å²) >= 11 is 0. The molecule has 3 atom stereocenters. The van der Waals surface area contributed by atoms with E-state index in [4.69, 9.17) is 0 Å². The van der Waals surface area contributed by atoms with Gasteiger partial charge in [0, 0.05) is 19.1 Å². The lowest BCUT2D eigenvalue weighted by atomic mass is 9.82. The van der Waals surface area contributed by atoms with Crippen molar-refractivity contribution in [2.75, 3.05) is 25.4 Å². The summed E-state index contributed by atoms with van der Waals surface area (Å²) in [4.78, 5) is 0. The fourth-order valence-electron chi connectivity index (χ4n) is 2.84. The lowest BCUT2D eigenvalue weighted by molar-refractivity contribution is 0.125. The Morgan fingerprint density at radius 3 is 2.81 bits per heavy atom. The summed E-state index contributed by atoms with van der Waals surface area (Å²) in [6.45, 7) is 6.49. The lowest BCUT2D eigenvalue weighted by Crippen LogP contribution is -2.56. The van der Waals surface area contributed by atoms with Gasteiger partial charge in [-0.3, -0.25) is 0 Å². The third kappa shape index (κ3) is 2.41. The maximum atomic E-state index is 12.0. The second-order valence-corrected chi connectivity index (χ2v) is 7.28. The molecule has 2 aliphatic heterocycles. The molecule has 1 N–H and O–H groups in total. The molecule has 0 amide bonds. The monoisotopic (exact) mass is 246 g/mol. The number of nitrogens with zero attached hydrogens (tertiary/aromatic N) is 1. The summed E-state index contributed by atoms with van der Waals surface area (Å²) in [5.41, 5.74) is 0. The zero-order valence-electron chi connectivity index (χ0n) is 10.1. The topological polar surface area (TPSA) is 49.4 Å². The average Bonchev–Trinajstić information content (AvgIpc) is 2.24. The smallest absolute Gasteiger partial charge is 0.214 e. The molecular weight excluding hydrogens is 224 g/mol. The number of fused-ring (bicyclic) bond motifs is 2. The second kappa shape index (κ2) is 4.63. The van der Waals surface area contributed by atoms with Crippen LogP contribution in [0.25, 0.3) is 0 Å². The number of hydrogen-bond donors (Lipinski definition) is 1. The standard InChI is InChI=1S/C11H22N2O2S/c1-3-4-16(14,15)13-7-10-5-11(8-13)9(2)12-6-10/h9-12H,3-8H2,1-2H3/t9-,10-,11+/m1/s1. The van der Waals surface area contributed by atoms with E-state index in [0.29, 0.717) is 36.6 Å². The van der Waals surface area contributed by atoms with E-state index in [0.717, 1.165) is 13.1 Å². The van der Waals surface area contributed by atoms with E-state index in [1.54, 1.807) is 4.31 Å². The number of sulfonamides is 1. The predicted molar refractivity (Wildman–Crippen MR) is 64.7 cm³/mol. The normalized spacial score (nSPS) is 36.2. The molecular formula is C11H22N2O2S. The molecule has 2 saturated heterocycles. The van der Waals surface area contributed by atoms with Gasteiger partial charge < -0.3 is 5.32 Å². The van der Waals surface area contributed by atoms with E-state index in [-0.39, 0.29) is 0 Å². The van der Waals surface area contributed by atoms with Crippen LogP contribution in [0.3, 0.4) is 0 Å². The van der Waals surface area contributed by atoms with Crippen LogP contribution in [-0.4, -0.2) is 44.2 Å². The number of rotatable bonds is 3. The van der Waals surface area contributed by atoms with E-state index >= 15 is 0 Å². The molecule has 2 fully saturated rings. The lowest BCUT2D eigenvalue weighted by Gasteiger charge is -2.44. The molecule has 0 aromatic heterocycles. The number of nitrogens with one attached hydrogen (secondary N) is 1. The average molecular weight is 246 g/mol. The molecule has 0 saturated carbocycles. The van der Waals surface area contributed by atoms with Crippen molar-refractivity contribution >= 4 is 10.0 Å². The summed E-state index contributed by atoms with van der Waals surface area (Å²) < 4.78 is 25.8. The number of piperidine rings is 2. The maximum Gasteiger partial charge on any atom is 0.214 e. The molecule has 2 heterocycles. The molecule has 0 spiro atoms. The van der Waals surface area contributed by atoms with Crippen LogP contribution in [0.4, 0.5) is 0 Å². The Morgan fingerprint density at radius 1 is 1.38 bits per heavy atom. The first kappa shape index (κ1) is 12.3. The highest BCUT2D eigenvalue weighted by atomic mass is 32.2. The summed E-state index contributed by atoms with van der Waals surface area (Å²) in [6, 6.07) is 0.455. The van der Waals surface area contributed by atoms with E-state index in [1.165, 1.54) is 6.42 Å². The second-order valence-electron chi connectivity index (χ2n) is 5.19. The van der Waals surface area contributed by atoms with Crippen molar-refractivity contribution < 1.29 is 8.42 Å². The Labute approximate surface area is 98.4 Å². The third-order valence-electron chi connectivity index (χ3n) is 3.83. The summed E-state index contributed by atoms with van der Waals surface area (Å²) in [5.74, 6) is 1.31. The van der Waals surface area contributed by atoms with Crippen LogP contribution in [0, 0.1) is 11.8 Å². The Kier molecular flexibility index (Phi) is 3.56. The molecule has 0 aliphatic carbocycles. The maximum absolute atomic E-state index is 12.0. The first-order chi connectivity index (χ1) is 7.53. The summed E-state index contributed by atoms with van der Waals surface area (Å²) in [6.07, 6.45) is 1.90. The molecule has 0 aromatic rings. The van der Waals surface area contributed by atoms with Crippen LogP contribution < -0.4 is 5.32 Å². The van der Waals surface area contributed by atoms with Crippen molar-refractivity contribution in [3.63, 3.8) is 0 Å². The van der Waals surface area contributed by atoms with Crippen molar-refractivity contribution in [1.82, 2.24) is 9.62 Å². The van der Waals surface area contributed by atoms with Gasteiger partial charge in [0.15, 0.2) is 0 Å². The first-order valence-corrected chi connectivity index (χ1v) is 7.85. The van der Waals surface area contributed by atoms with Crippen LogP contribution in [0.2, 0.25) is 0 Å². The van der Waals surface area contributed by atoms with Gasteiger partial charge in [0.1, 0.15) is 0 Å². The molecule has 0 radical (unpaired) electrons. The zero-order valence-corrected chi connectivity index (χ0v) is 11.0. The fourth-order valence-corrected chi connectivity index (χ4v) is 4.48. The quantitative estimate of drug-likeness (QED) is 0.796. The Balaban J connectivity index is 2.08. The highest BCUT2D eigenvalue weighted by Crippen LogP contribution is 2.29. The molecule has 2 bridgehead atoms. The largest absolute Gasteiger partial charge is 0.314 e. The van der Waals surface area contributed by atoms with Crippen LogP contribution in [0.15, 0.2) is 0 Å². The van der Waals surface area contributed by atoms with Crippen molar-refractivity contribution in [3.05, 3.63) is 0 Å². The SMILES string of the molecule is CCCS(=O)(=O)N1C[C@H]2CN[C@H](C)[C@@H](C2)C1. The van der Waals surface area contributed by atoms with Gasteiger partial charge in [-0.05, 0) is 38.1 Å². The molecule has 4 nitrogen and oxygen atoms in total. The van der Waals surface area contributed by atoms with Gasteiger partial charge in [0.2, 0.25) is 10.0 Å².